The van der Waals surface area contributed by atoms with Crippen LogP contribution in [0, 0.1) is 6.92 Å². The molecule has 0 saturated carbocycles. The highest BCUT2D eigenvalue weighted by atomic mass is 79.9. The molecule has 1 aromatic carbocycles. The molecule has 0 fully saturated rings. The summed E-state index contributed by atoms with van der Waals surface area (Å²) in [6.07, 6.45) is 3.62. The van der Waals surface area contributed by atoms with E-state index >= 15 is 0 Å². The smallest absolute Gasteiger partial charge is 0.348 e. The number of thiophene rings is 1. The molecule has 0 amide bonds. The summed E-state index contributed by atoms with van der Waals surface area (Å²) in [5.74, 6) is -1.02. The van der Waals surface area contributed by atoms with Gasteiger partial charge >= 0.3 is 11.9 Å². The van der Waals surface area contributed by atoms with Crippen LogP contribution in [0.25, 0.3) is 0 Å². The molecule has 174 valence electrons. The number of anilines is 2. The number of thiocarbonyl (C=S) groups is 1. The molecular weight excluding hydrogens is 528 g/mol. The topological polar surface area (TPSA) is 94.5 Å². The molecule has 0 spiro atoms. The number of benzene rings is 1. The molecule has 3 aromatic rings. The third kappa shape index (κ3) is 6.40. The Morgan fingerprint density at radius 3 is 2.58 bits per heavy atom. The summed E-state index contributed by atoms with van der Waals surface area (Å²) in [5.41, 5.74) is 2.57. The fraction of sp³-hybridized carbons (Fsp3) is 0.273. The maximum atomic E-state index is 12.6. The van der Waals surface area contributed by atoms with Crippen molar-refractivity contribution in [3.63, 3.8) is 0 Å². The van der Waals surface area contributed by atoms with Crippen LogP contribution in [0.15, 0.2) is 41.1 Å². The molecule has 0 radical (unpaired) electrons. The quantitative estimate of drug-likeness (QED) is 0.291. The number of halogens is 1. The van der Waals surface area contributed by atoms with E-state index in [9.17, 15) is 9.59 Å². The van der Waals surface area contributed by atoms with Gasteiger partial charge in [0.25, 0.3) is 0 Å². The van der Waals surface area contributed by atoms with Crippen LogP contribution in [0.2, 0.25) is 0 Å². The highest BCUT2D eigenvalue weighted by Gasteiger charge is 2.26. The zero-order valence-corrected chi connectivity index (χ0v) is 21.5. The molecule has 0 unspecified atom stereocenters. The summed E-state index contributed by atoms with van der Waals surface area (Å²) < 4.78 is 13.0. The molecular formula is C22H23BrN4O4S2. The average molecular weight is 551 g/mol. The molecule has 2 aromatic heterocycles. The Labute approximate surface area is 209 Å². The number of carbonyl (C=O) groups excluding carboxylic acids is 2. The van der Waals surface area contributed by atoms with Gasteiger partial charge in [0.15, 0.2) is 5.11 Å². The second kappa shape index (κ2) is 11.4. The first-order chi connectivity index (χ1) is 15.8. The summed E-state index contributed by atoms with van der Waals surface area (Å²) in [5, 5.41) is 11.1. The van der Waals surface area contributed by atoms with Gasteiger partial charge in [-0.05, 0) is 72.2 Å². The Hall–Kier alpha value is -2.76. The third-order valence-corrected chi connectivity index (χ3v) is 6.25. The molecule has 0 atom stereocenters. The van der Waals surface area contributed by atoms with Crippen LogP contribution < -0.4 is 10.6 Å². The Balaban J connectivity index is 1.78. The van der Waals surface area contributed by atoms with E-state index in [1.165, 1.54) is 0 Å². The second-order valence-electron chi connectivity index (χ2n) is 6.84. The maximum Gasteiger partial charge on any atom is 0.348 e. The van der Waals surface area contributed by atoms with Gasteiger partial charge in [-0.15, -0.1) is 11.3 Å². The van der Waals surface area contributed by atoms with Crippen LogP contribution in [0.3, 0.4) is 0 Å². The van der Waals surface area contributed by atoms with E-state index in [0.29, 0.717) is 22.0 Å². The minimum atomic E-state index is -0.528. The minimum absolute atomic E-state index is 0.213. The zero-order valence-electron chi connectivity index (χ0n) is 18.3. The fourth-order valence-electron chi connectivity index (χ4n) is 3.07. The molecule has 0 aliphatic rings. The van der Waals surface area contributed by atoms with Crippen molar-refractivity contribution in [2.75, 3.05) is 23.8 Å². The first-order valence-electron chi connectivity index (χ1n) is 10.1. The number of hydrogen-bond acceptors (Lipinski definition) is 7. The van der Waals surface area contributed by atoms with Crippen molar-refractivity contribution in [2.24, 2.45) is 0 Å². The Morgan fingerprint density at radius 2 is 1.91 bits per heavy atom. The van der Waals surface area contributed by atoms with E-state index < -0.39 is 11.9 Å². The molecule has 0 bridgehead atoms. The van der Waals surface area contributed by atoms with E-state index in [0.717, 1.165) is 27.1 Å². The SMILES string of the molecule is CCOC(=O)c1sc(NC(=S)Nc2cccc(Cn3cc(Br)cn3)c2)c(C(=O)OCC)c1C. The molecule has 2 N–H and O–H groups in total. The molecule has 0 saturated heterocycles. The molecule has 8 nitrogen and oxygen atoms in total. The lowest BCUT2D eigenvalue weighted by atomic mass is 10.1. The zero-order chi connectivity index (χ0) is 24.0. The van der Waals surface area contributed by atoms with Crippen molar-refractivity contribution in [3.05, 3.63) is 62.7 Å². The summed E-state index contributed by atoms with van der Waals surface area (Å²) in [7, 11) is 0. The molecule has 0 aliphatic heterocycles. The third-order valence-electron chi connectivity index (χ3n) is 4.45. The van der Waals surface area contributed by atoms with E-state index in [-0.39, 0.29) is 23.9 Å². The average Bonchev–Trinajstić information content (AvgIpc) is 3.31. The monoisotopic (exact) mass is 550 g/mol. The van der Waals surface area contributed by atoms with E-state index in [1.54, 1.807) is 27.0 Å². The molecule has 11 heteroatoms. The second-order valence-corrected chi connectivity index (χ2v) is 9.18. The van der Waals surface area contributed by atoms with Gasteiger partial charge in [-0.25, -0.2) is 9.59 Å². The Morgan fingerprint density at radius 1 is 1.18 bits per heavy atom. The number of hydrogen-bond donors (Lipinski definition) is 2. The van der Waals surface area contributed by atoms with Crippen molar-refractivity contribution in [3.8, 4) is 0 Å². The van der Waals surface area contributed by atoms with E-state index in [1.807, 2.05) is 35.1 Å². The van der Waals surface area contributed by atoms with E-state index in [4.69, 9.17) is 21.7 Å². The van der Waals surface area contributed by atoms with Gasteiger partial charge < -0.3 is 20.1 Å². The predicted molar refractivity (Wildman–Crippen MR) is 136 cm³/mol. The number of nitrogens with zero attached hydrogens (tertiary/aromatic N) is 2. The largest absolute Gasteiger partial charge is 0.462 e. The van der Waals surface area contributed by atoms with Gasteiger partial charge in [-0.3, -0.25) is 4.68 Å². The van der Waals surface area contributed by atoms with Gasteiger partial charge in [-0.1, -0.05) is 12.1 Å². The molecule has 33 heavy (non-hydrogen) atoms. The lowest BCUT2D eigenvalue weighted by molar-refractivity contribution is 0.0527. The normalized spacial score (nSPS) is 10.5. The lowest BCUT2D eigenvalue weighted by Crippen LogP contribution is -2.20. The molecule has 3 rings (SSSR count). The van der Waals surface area contributed by atoms with Crippen molar-refractivity contribution < 1.29 is 19.1 Å². The highest BCUT2D eigenvalue weighted by Crippen LogP contribution is 2.34. The predicted octanol–water partition coefficient (Wildman–Crippen LogP) is 5.23. The summed E-state index contributed by atoms with van der Waals surface area (Å²) in [6, 6.07) is 7.74. The number of nitrogens with one attached hydrogen (secondary N) is 2. The van der Waals surface area contributed by atoms with Gasteiger partial charge in [0.1, 0.15) is 9.88 Å². The number of ether oxygens (including phenoxy) is 2. The van der Waals surface area contributed by atoms with Crippen LogP contribution in [-0.4, -0.2) is 40.0 Å². The van der Waals surface area contributed by atoms with Crippen molar-refractivity contribution in [1.29, 1.82) is 0 Å². The highest BCUT2D eigenvalue weighted by molar-refractivity contribution is 9.10. The first-order valence-corrected chi connectivity index (χ1v) is 12.2. The number of rotatable bonds is 8. The van der Waals surface area contributed by atoms with Crippen molar-refractivity contribution >= 4 is 67.2 Å². The molecule has 0 aliphatic carbocycles. The summed E-state index contributed by atoms with van der Waals surface area (Å²) in [4.78, 5) is 25.2. The van der Waals surface area contributed by atoms with Gasteiger partial charge in [0, 0.05) is 11.9 Å². The standard InChI is InChI=1S/C22H23BrN4O4S2/c1-4-30-20(28)17-13(3)18(21(29)31-5-2)33-19(17)26-22(32)25-16-8-6-7-14(9-16)11-27-12-15(23)10-24-27/h6-10,12H,4-5,11H2,1-3H3,(H2,25,26,32). The lowest BCUT2D eigenvalue weighted by Gasteiger charge is -2.12. The Bertz CT molecular complexity index is 1180. The van der Waals surface area contributed by atoms with E-state index in [2.05, 4.69) is 31.7 Å². The maximum absolute atomic E-state index is 12.6. The van der Waals surface area contributed by atoms with Crippen LogP contribution >= 0.6 is 39.5 Å². The fourth-order valence-corrected chi connectivity index (χ4v) is 4.77. The van der Waals surface area contributed by atoms with Crippen LogP contribution in [0.4, 0.5) is 10.7 Å². The Kier molecular flexibility index (Phi) is 8.59. The van der Waals surface area contributed by atoms with Gasteiger partial charge in [-0.2, -0.15) is 5.10 Å². The van der Waals surface area contributed by atoms with Crippen molar-refractivity contribution in [2.45, 2.75) is 27.3 Å². The number of aromatic nitrogens is 2. The minimum Gasteiger partial charge on any atom is -0.462 e. The van der Waals surface area contributed by atoms with Crippen LogP contribution in [-0.2, 0) is 16.0 Å². The van der Waals surface area contributed by atoms with Gasteiger partial charge in [0.2, 0.25) is 0 Å². The van der Waals surface area contributed by atoms with Crippen LogP contribution in [0.5, 0.6) is 0 Å². The van der Waals surface area contributed by atoms with Crippen LogP contribution in [0.1, 0.15) is 45.0 Å². The van der Waals surface area contributed by atoms with Gasteiger partial charge in [0.05, 0.1) is 36.0 Å². The number of esters is 2. The summed E-state index contributed by atoms with van der Waals surface area (Å²) >= 11 is 9.96. The first kappa shape index (κ1) is 24.9. The number of carbonyl (C=O) groups is 2. The van der Waals surface area contributed by atoms with Crippen molar-refractivity contribution in [1.82, 2.24) is 9.78 Å². The molecule has 2 heterocycles. The summed E-state index contributed by atoms with van der Waals surface area (Å²) in [6.45, 7) is 6.18.